The van der Waals surface area contributed by atoms with E-state index in [-0.39, 0.29) is 11.4 Å². The molecular formula is C25H19FN4O3. The van der Waals surface area contributed by atoms with Crippen LogP contribution in [0.1, 0.15) is 21.6 Å². The van der Waals surface area contributed by atoms with Gasteiger partial charge in [-0.2, -0.15) is 10.1 Å². The van der Waals surface area contributed by atoms with E-state index < -0.39 is 17.4 Å². The number of para-hydroxylation sites is 1. The molecule has 33 heavy (non-hydrogen) atoms. The fraction of sp³-hybridized carbons (Fsp3) is 0.0400. The number of rotatable bonds is 7. The van der Waals surface area contributed by atoms with Crippen molar-refractivity contribution < 1.29 is 13.9 Å². The van der Waals surface area contributed by atoms with Crippen molar-refractivity contribution in [2.24, 2.45) is 5.10 Å². The molecular weight excluding hydrogens is 423 g/mol. The van der Waals surface area contributed by atoms with Crippen LogP contribution >= 0.6 is 0 Å². The zero-order valence-corrected chi connectivity index (χ0v) is 17.4. The number of carbonyl (C=O) groups excluding carboxylic acids is 1. The Hall–Kier alpha value is -4.59. The van der Waals surface area contributed by atoms with Crippen LogP contribution in [0, 0.1) is 5.82 Å². The van der Waals surface area contributed by atoms with Gasteiger partial charge in [0, 0.05) is 11.1 Å². The fourth-order valence-electron chi connectivity index (χ4n) is 3.02. The molecule has 0 radical (unpaired) electrons. The predicted octanol–water partition coefficient (Wildman–Crippen LogP) is 3.92. The van der Waals surface area contributed by atoms with Crippen molar-refractivity contribution in [3.63, 3.8) is 0 Å². The van der Waals surface area contributed by atoms with Crippen molar-refractivity contribution in [2.75, 3.05) is 0 Å². The number of carbonyl (C=O) groups is 1. The molecule has 0 atom stereocenters. The molecule has 164 valence electrons. The molecule has 0 spiro atoms. The van der Waals surface area contributed by atoms with Crippen molar-refractivity contribution in [1.82, 2.24) is 15.4 Å². The standard InChI is InChI=1S/C25H19FN4O3/c26-20-12-10-18(11-13-20)21-14-22(29-25(32)28-21)24(31)30-27-15-19-8-4-5-9-23(19)33-16-17-6-2-1-3-7-17/h1-15H,16H2,(H,30,31)(H,28,29,32)/b27-15+. The highest BCUT2D eigenvalue weighted by Gasteiger charge is 2.10. The van der Waals surface area contributed by atoms with E-state index in [0.29, 0.717) is 23.5 Å². The quantitative estimate of drug-likeness (QED) is 0.335. The molecule has 0 fully saturated rings. The number of aromatic nitrogens is 2. The van der Waals surface area contributed by atoms with Crippen molar-refractivity contribution in [3.05, 3.63) is 118 Å². The topological polar surface area (TPSA) is 96.4 Å². The van der Waals surface area contributed by atoms with Gasteiger partial charge < -0.3 is 9.72 Å². The number of H-pyrrole nitrogens is 1. The Labute approximate surface area is 188 Å². The molecule has 0 bridgehead atoms. The second-order valence-corrected chi connectivity index (χ2v) is 7.00. The van der Waals surface area contributed by atoms with E-state index in [1.807, 2.05) is 42.5 Å². The molecule has 4 rings (SSSR count). The first-order chi connectivity index (χ1) is 16.1. The van der Waals surface area contributed by atoms with Crippen molar-refractivity contribution in [1.29, 1.82) is 0 Å². The van der Waals surface area contributed by atoms with E-state index in [1.165, 1.54) is 36.5 Å². The first-order valence-corrected chi connectivity index (χ1v) is 10.0. The second kappa shape index (κ2) is 10.1. The highest BCUT2D eigenvalue weighted by Crippen LogP contribution is 2.18. The molecule has 7 nitrogen and oxygen atoms in total. The zero-order valence-electron chi connectivity index (χ0n) is 17.4. The molecule has 0 aliphatic rings. The maximum Gasteiger partial charge on any atom is 0.346 e. The van der Waals surface area contributed by atoms with Gasteiger partial charge in [-0.3, -0.25) is 4.79 Å². The number of hydrogen-bond donors (Lipinski definition) is 2. The number of nitrogens with zero attached hydrogens (tertiary/aromatic N) is 2. The summed E-state index contributed by atoms with van der Waals surface area (Å²) in [5, 5.41) is 3.98. The summed E-state index contributed by atoms with van der Waals surface area (Å²) in [5.41, 5.74) is 4.09. The molecule has 0 unspecified atom stereocenters. The van der Waals surface area contributed by atoms with E-state index in [2.05, 4.69) is 20.5 Å². The number of halogens is 1. The summed E-state index contributed by atoms with van der Waals surface area (Å²) >= 11 is 0. The number of nitrogens with one attached hydrogen (secondary N) is 2. The highest BCUT2D eigenvalue weighted by atomic mass is 19.1. The SMILES string of the molecule is O=C(N/N=C/c1ccccc1OCc1ccccc1)c1cc(-c2ccc(F)cc2)nc(=O)[nH]1. The first-order valence-electron chi connectivity index (χ1n) is 10.0. The summed E-state index contributed by atoms with van der Waals surface area (Å²) in [5.74, 6) is -0.434. The third-order valence-corrected chi connectivity index (χ3v) is 4.66. The van der Waals surface area contributed by atoms with Gasteiger partial charge in [-0.25, -0.2) is 14.6 Å². The van der Waals surface area contributed by atoms with Crippen LogP contribution in [0.5, 0.6) is 5.75 Å². The minimum absolute atomic E-state index is 0.0277. The van der Waals surface area contributed by atoms with Crippen molar-refractivity contribution in [2.45, 2.75) is 6.61 Å². The van der Waals surface area contributed by atoms with Crippen LogP contribution in [0.25, 0.3) is 11.3 Å². The summed E-state index contributed by atoms with van der Waals surface area (Å²) in [4.78, 5) is 30.6. The third kappa shape index (κ3) is 5.76. The molecule has 1 heterocycles. The van der Waals surface area contributed by atoms with Gasteiger partial charge in [0.15, 0.2) is 0 Å². The van der Waals surface area contributed by atoms with Gasteiger partial charge in [0.05, 0.1) is 11.9 Å². The third-order valence-electron chi connectivity index (χ3n) is 4.66. The van der Waals surface area contributed by atoms with Crippen LogP contribution < -0.4 is 15.9 Å². The van der Waals surface area contributed by atoms with Crippen LogP contribution in [0.3, 0.4) is 0 Å². The predicted molar refractivity (Wildman–Crippen MR) is 123 cm³/mol. The smallest absolute Gasteiger partial charge is 0.346 e. The number of aromatic amines is 1. The van der Waals surface area contributed by atoms with Crippen molar-refractivity contribution in [3.8, 4) is 17.0 Å². The van der Waals surface area contributed by atoms with Gasteiger partial charge in [0.25, 0.3) is 5.91 Å². The van der Waals surface area contributed by atoms with Gasteiger partial charge in [0.1, 0.15) is 23.9 Å². The largest absolute Gasteiger partial charge is 0.488 e. The van der Waals surface area contributed by atoms with Crippen molar-refractivity contribution >= 4 is 12.1 Å². The molecule has 4 aromatic rings. The van der Waals surface area contributed by atoms with E-state index in [0.717, 1.165) is 5.56 Å². The molecule has 0 saturated carbocycles. The maximum atomic E-state index is 13.2. The molecule has 0 aliphatic carbocycles. The number of hydrazone groups is 1. The monoisotopic (exact) mass is 442 g/mol. The lowest BCUT2D eigenvalue weighted by Gasteiger charge is -2.09. The van der Waals surface area contributed by atoms with Crippen LogP contribution in [-0.2, 0) is 6.61 Å². The normalized spacial score (nSPS) is 10.8. The van der Waals surface area contributed by atoms with E-state index in [9.17, 15) is 14.0 Å². The number of ether oxygens (including phenoxy) is 1. The number of benzene rings is 3. The first kappa shape index (κ1) is 21.6. The average molecular weight is 442 g/mol. The minimum atomic E-state index is -0.703. The molecule has 2 N–H and O–H groups in total. The van der Waals surface area contributed by atoms with E-state index in [1.54, 1.807) is 12.1 Å². The lowest BCUT2D eigenvalue weighted by molar-refractivity contribution is 0.0949. The Bertz CT molecular complexity index is 1340. The molecule has 0 aliphatic heterocycles. The highest BCUT2D eigenvalue weighted by molar-refractivity contribution is 5.94. The van der Waals surface area contributed by atoms with Crippen LogP contribution in [0.2, 0.25) is 0 Å². The summed E-state index contributed by atoms with van der Waals surface area (Å²) in [6.07, 6.45) is 1.46. The molecule has 8 heteroatoms. The Morgan fingerprint density at radius 1 is 1.03 bits per heavy atom. The Morgan fingerprint density at radius 2 is 1.76 bits per heavy atom. The van der Waals surface area contributed by atoms with Gasteiger partial charge in [-0.15, -0.1) is 0 Å². The lowest BCUT2D eigenvalue weighted by Crippen LogP contribution is -2.24. The Kier molecular flexibility index (Phi) is 6.65. The summed E-state index contributed by atoms with van der Waals surface area (Å²) < 4.78 is 19.0. The number of hydrogen-bond acceptors (Lipinski definition) is 5. The molecule has 0 saturated heterocycles. The summed E-state index contributed by atoms with van der Waals surface area (Å²) in [7, 11) is 0. The zero-order chi connectivity index (χ0) is 23.0. The van der Waals surface area contributed by atoms with Crippen LogP contribution in [-0.4, -0.2) is 22.1 Å². The second-order valence-electron chi connectivity index (χ2n) is 7.00. The fourth-order valence-corrected chi connectivity index (χ4v) is 3.02. The van der Waals surface area contributed by atoms with Gasteiger partial charge >= 0.3 is 5.69 Å². The minimum Gasteiger partial charge on any atom is -0.488 e. The van der Waals surface area contributed by atoms with Gasteiger partial charge in [-0.05, 0) is 48.0 Å². The lowest BCUT2D eigenvalue weighted by atomic mass is 10.1. The van der Waals surface area contributed by atoms with E-state index >= 15 is 0 Å². The summed E-state index contributed by atoms with van der Waals surface area (Å²) in [6.45, 7) is 0.391. The maximum absolute atomic E-state index is 13.2. The Morgan fingerprint density at radius 3 is 2.55 bits per heavy atom. The van der Waals surface area contributed by atoms with Crippen LogP contribution in [0.4, 0.5) is 4.39 Å². The molecule has 1 amide bonds. The molecule has 3 aromatic carbocycles. The van der Waals surface area contributed by atoms with Gasteiger partial charge in [0.2, 0.25) is 0 Å². The van der Waals surface area contributed by atoms with Crippen LogP contribution in [0.15, 0.2) is 94.8 Å². The number of amides is 1. The van der Waals surface area contributed by atoms with Gasteiger partial charge in [-0.1, -0.05) is 42.5 Å². The average Bonchev–Trinajstić information content (AvgIpc) is 2.84. The Balaban J connectivity index is 1.45. The molecule has 1 aromatic heterocycles. The summed E-state index contributed by atoms with van der Waals surface area (Å²) in [6, 6.07) is 23.9. The van der Waals surface area contributed by atoms with E-state index in [4.69, 9.17) is 4.74 Å².